The Kier molecular flexibility index (Phi) is 7.20. The molecule has 3 heteroatoms. The second-order valence-corrected chi connectivity index (χ2v) is 6.13. The van der Waals surface area contributed by atoms with Gasteiger partial charge >= 0.3 is 0 Å². The molecule has 1 heterocycles. The molecule has 0 bridgehead atoms. The minimum atomic E-state index is 0.513. The first-order chi connectivity index (χ1) is 10.3. The summed E-state index contributed by atoms with van der Waals surface area (Å²) < 4.78 is 5.32. The van der Waals surface area contributed by atoms with Crippen LogP contribution in [0.4, 0.5) is 0 Å². The standard InChI is InChI=1S/C18H30N2O/c1-3-7-18(15-21-2)19-17-11-13-20(14-17)12-10-16-8-5-4-6-9-16/h4-6,8-9,17-19H,3,7,10-15H2,1-2H3. The van der Waals surface area contributed by atoms with Gasteiger partial charge in [-0.3, -0.25) is 0 Å². The minimum Gasteiger partial charge on any atom is -0.383 e. The number of nitrogens with zero attached hydrogens (tertiary/aromatic N) is 1. The molecule has 0 saturated carbocycles. The highest BCUT2D eigenvalue weighted by Gasteiger charge is 2.24. The van der Waals surface area contributed by atoms with Crippen LogP contribution in [0.2, 0.25) is 0 Å². The summed E-state index contributed by atoms with van der Waals surface area (Å²) in [5.74, 6) is 0. The smallest absolute Gasteiger partial charge is 0.0615 e. The maximum absolute atomic E-state index is 5.32. The van der Waals surface area contributed by atoms with Crippen LogP contribution in [-0.4, -0.2) is 50.3 Å². The molecule has 0 spiro atoms. The zero-order chi connectivity index (χ0) is 14.9. The average Bonchev–Trinajstić information content (AvgIpc) is 2.94. The van der Waals surface area contributed by atoms with Crippen molar-refractivity contribution in [3.63, 3.8) is 0 Å². The molecule has 118 valence electrons. The summed E-state index contributed by atoms with van der Waals surface area (Å²) >= 11 is 0. The number of benzene rings is 1. The lowest BCUT2D eigenvalue weighted by Gasteiger charge is -2.22. The molecule has 0 aliphatic carbocycles. The Labute approximate surface area is 129 Å². The number of methoxy groups -OCH3 is 1. The zero-order valence-corrected chi connectivity index (χ0v) is 13.6. The van der Waals surface area contributed by atoms with Crippen molar-refractivity contribution in [2.75, 3.05) is 33.4 Å². The van der Waals surface area contributed by atoms with E-state index < -0.39 is 0 Å². The summed E-state index contributed by atoms with van der Waals surface area (Å²) in [6.45, 7) is 6.64. The van der Waals surface area contributed by atoms with Crippen LogP contribution in [0.25, 0.3) is 0 Å². The van der Waals surface area contributed by atoms with Crippen molar-refractivity contribution < 1.29 is 4.74 Å². The van der Waals surface area contributed by atoms with E-state index in [1.165, 1.54) is 44.5 Å². The van der Waals surface area contributed by atoms with E-state index in [4.69, 9.17) is 4.74 Å². The van der Waals surface area contributed by atoms with Crippen LogP contribution in [-0.2, 0) is 11.2 Å². The van der Waals surface area contributed by atoms with Crippen LogP contribution in [0.1, 0.15) is 31.7 Å². The molecule has 2 rings (SSSR count). The van der Waals surface area contributed by atoms with Crippen LogP contribution in [0.15, 0.2) is 30.3 Å². The molecule has 0 radical (unpaired) electrons. The molecule has 0 aromatic heterocycles. The molecule has 1 N–H and O–H groups in total. The minimum absolute atomic E-state index is 0.513. The van der Waals surface area contributed by atoms with Gasteiger partial charge in [-0.15, -0.1) is 0 Å². The monoisotopic (exact) mass is 290 g/mol. The van der Waals surface area contributed by atoms with E-state index in [1.807, 2.05) is 0 Å². The number of rotatable bonds is 9. The van der Waals surface area contributed by atoms with Gasteiger partial charge in [-0.2, -0.15) is 0 Å². The van der Waals surface area contributed by atoms with Gasteiger partial charge in [-0.05, 0) is 31.4 Å². The normalized spacial score (nSPS) is 20.8. The molecule has 0 amide bonds. The number of hydrogen-bond acceptors (Lipinski definition) is 3. The van der Waals surface area contributed by atoms with Crippen molar-refractivity contribution in [1.29, 1.82) is 0 Å². The van der Waals surface area contributed by atoms with E-state index in [1.54, 1.807) is 7.11 Å². The molecule has 2 atom stereocenters. The van der Waals surface area contributed by atoms with Gasteiger partial charge in [-0.25, -0.2) is 0 Å². The summed E-state index contributed by atoms with van der Waals surface area (Å²) in [6.07, 6.45) is 4.84. The number of likely N-dealkylation sites (tertiary alicyclic amines) is 1. The highest BCUT2D eigenvalue weighted by molar-refractivity contribution is 5.14. The molecule has 1 fully saturated rings. The predicted octanol–water partition coefficient (Wildman–Crippen LogP) is 2.71. The summed E-state index contributed by atoms with van der Waals surface area (Å²) in [6, 6.07) is 11.9. The Balaban J connectivity index is 1.70. The van der Waals surface area contributed by atoms with Crippen molar-refractivity contribution in [3.8, 4) is 0 Å². The van der Waals surface area contributed by atoms with Crippen LogP contribution in [0, 0.1) is 0 Å². The molecular weight excluding hydrogens is 260 g/mol. The Bertz CT molecular complexity index is 376. The van der Waals surface area contributed by atoms with E-state index >= 15 is 0 Å². The average molecular weight is 290 g/mol. The number of hydrogen-bond donors (Lipinski definition) is 1. The summed E-state index contributed by atoms with van der Waals surface area (Å²) in [7, 11) is 1.80. The lowest BCUT2D eigenvalue weighted by Crippen LogP contribution is -2.42. The van der Waals surface area contributed by atoms with E-state index in [0.29, 0.717) is 12.1 Å². The maximum atomic E-state index is 5.32. The lowest BCUT2D eigenvalue weighted by atomic mass is 10.1. The summed E-state index contributed by atoms with van der Waals surface area (Å²) in [5, 5.41) is 3.78. The predicted molar refractivity (Wildman–Crippen MR) is 88.7 cm³/mol. The highest BCUT2D eigenvalue weighted by Crippen LogP contribution is 2.12. The molecule has 1 aromatic rings. The van der Waals surface area contributed by atoms with Gasteiger partial charge in [0.1, 0.15) is 0 Å². The molecule has 2 unspecified atom stereocenters. The second kappa shape index (κ2) is 9.19. The van der Waals surface area contributed by atoms with Crippen LogP contribution < -0.4 is 5.32 Å². The fourth-order valence-corrected chi connectivity index (χ4v) is 3.20. The first-order valence-corrected chi connectivity index (χ1v) is 8.33. The molecule has 3 nitrogen and oxygen atoms in total. The number of nitrogens with one attached hydrogen (secondary N) is 1. The maximum Gasteiger partial charge on any atom is 0.0615 e. The van der Waals surface area contributed by atoms with Crippen molar-refractivity contribution in [2.24, 2.45) is 0 Å². The van der Waals surface area contributed by atoms with Gasteiger partial charge < -0.3 is 15.0 Å². The van der Waals surface area contributed by atoms with Crippen LogP contribution in [0.3, 0.4) is 0 Å². The van der Waals surface area contributed by atoms with Crippen molar-refractivity contribution in [2.45, 2.75) is 44.7 Å². The SMILES string of the molecule is CCCC(COC)NC1CCN(CCc2ccccc2)C1. The molecule has 1 saturated heterocycles. The van der Waals surface area contributed by atoms with E-state index in [2.05, 4.69) is 47.5 Å². The molecular formula is C18H30N2O. The first kappa shape index (κ1) is 16.5. The largest absolute Gasteiger partial charge is 0.383 e. The molecule has 21 heavy (non-hydrogen) atoms. The van der Waals surface area contributed by atoms with Gasteiger partial charge in [0, 0.05) is 32.3 Å². The van der Waals surface area contributed by atoms with Crippen molar-refractivity contribution in [3.05, 3.63) is 35.9 Å². The lowest BCUT2D eigenvalue weighted by molar-refractivity contribution is 0.155. The molecule has 1 aromatic carbocycles. The third-order valence-electron chi connectivity index (χ3n) is 4.31. The fourth-order valence-electron chi connectivity index (χ4n) is 3.20. The summed E-state index contributed by atoms with van der Waals surface area (Å²) in [4.78, 5) is 2.58. The van der Waals surface area contributed by atoms with Gasteiger partial charge in [0.2, 0.25) is 0 Å². The Morgan fingerprint density at radius 2 is 2.14 bits per heavy atom. The third-order valence-corrected chi connectivity index (χ3v) is 4.31. The van der Waals surface area contributed by atoms with Crippen LogP contribution >= 0.6 is 0 Å². The highest BCUT2D eigenvalue weighted by atomic mass is 16.5. The second-order valence-electron chi connectivity index (χ2n) is 6.13. The van der Waals surface area contributed by atoms with Crippen LogP contribution in [0.5, 0.6) is 0 Å². The molecule has 1 aliphatic rings. The van der Waals surface area contributed by atoms with E-state index in [-0.39, 0.29) is 0 Å². The van der Waals surface area contributed by atoms with E-state index in [9.17, 15) is 0 Å². The zero-order valence-electron chi connectivity index (χ0n) is 13.6. The first-order valence-electron chi connectivity index (χ1n) is 8.33. The topological polar surface area (TPSA) is 24.5 Å². The Morgan fingerprint density at radius 3 is 2.86 bits per heavy atom. The van der Waals surface area contributed by atoms with Crippen molar-refractivity contribution in [1.82, 2.24) is 10.2 Å². The Morgan fingerprint density at radius 1 is 1.33 bits per heavy atom. The van der Waals surface area contributed by atoms with Gasteiger partial charge in [0.05, 0.1) is 6.61 Å². The fraction of sp³-hybridized carbons (Fsp3) is 0.667. The van der Waals surface area contributed by atoms with Crippen molar-refractivity contribution >= 4 is 0 Å². The third kappa shape index (κ3) is 5.77. The number of ether oxygens (including phenoxy) is 1. The van der Waals surface area contributed by atoms with Gasteiger partial charge in [-0.1, -0.05) is 43.7 Å². The molecule has 1 aliphatic heterocycles. The van der Waals surface area contributed by atoms with Gasteiger partial charge in [0.25, 0.3) is 0 Å². The Hall–Kier alpha value is -0.900. The quantitative estimate of drug-likeness (QED) is 0.757. The van der Waals surface area contributed by atoms with E-state index in [0.717, 1.165) is 13.0 Å². The van der Waals surface area contributed by atoms with Gasteiger partial charge in [0.15, 0.2) is 0 Å². The summed E-state index contributed by atoms with van der Waals surface area (Å²) in [5.41, 5.74) is 1.44.